The molecule has 106 valence electrons. The Labute approximate surface area is 112 Å². The van der Waals surface area contributed by atoms with E-state index in [1.807, 2.05) is 0 Å². The Morgan fingerprint density at radius 1 is 1.42 bits per heavy atom. The van der Waals surface area contributed by atoms with E-state index in [-0.39, 0.29) is 23.8 Å². The summed E-state index contributed by atoms with van der Waals surface area (Å²) in [6.45, 7) is 4.25. The molecule has 1 aliphatic carbocycles. The molecule has 1 saturated heterocycles. The molecule has 1 unspecified atom stereocenters. The maximum absolute atomic E-state index is 12.2. The third kappa shape index (κ3) is 3.68. The van der Waals surface area contributed by atoms with Gasteiger partial charge in [-0.1, -0.05) is 13.8 Å². The van der Waals surface area contributed by atoms with E-state index in [0.717, 1.165) is 19.3 Å². The van der Waals surface area contributed by atoms with Crippen molar-refractivity contribution in [3.63, 3.8) is 0 Å². The maximum atomic E-state index is 12.2. The smallest absolute Gasteiger partial charge is 0.322 e. The minimum Gasteiger partial charge on any atom is -0.349 e. The normalized spacial score (nSPS) is 25.3. The second-order valence-corrected chi connectivity index (χ2v) is 5.98. The first-order valence-corrected chi connectivity index (χ1v) is 6.83. The van der Waals surface area contributed by atoms with Crippen molar-refractivity contribution in [1.29, 1.82) is 0 Å². The Kier molecular flexibility index (Phi) is 3.78. The van der Waals surface area contributed by atoms with Crippen LogP contribution in [0.1, 0.15) is 46.0 Å². The van der Waals surface area contributed by atoms with Crippen molar-refractivity contribution in [1.82, 2.24) is 16.0 Å². The standard InChI is InChI=1S/C13H21N3O3/c1-8(2)7-13(5-6-13)16-11(18)9-3-4-10(17)15-12(19)14-9/h8-9H,3-7H2,1-2H3,(H,16,18)(H2,14,15,17,19). The molecule has 0 bridgehead atoms. The number of hydrogen-bond donors (Lipinski definition) is 3. The Morgan fingerprint density at radius 2 is 2.11 bits per heavy atom. The number of imide groups is 1. The van der Waals surface area contributed by atoms with Crippen molar-refractivity contribution in [2.45, 2.75) is 57.5 Å². The lowest BCUT2D eigenvalue weighted by Crippen LogP contribution is -2.51. The number of carbonyl (C=O) groups excluding carboxylic acids is 3. The van der Waals surface area contributed by atoms with Gasteiger partial charge in [0, 0.05) is 12.0 Å². The van der Waals surface area contributed by atoms with Crippen LogP contribution in [0.5, 0.6) is 0 Å². The average Bonchev–Trinajstić information content (AvgIpc) is 3.03. The van der Waals surface area contributed by atoms with Gasteiger partial charge in [-0.2, -0.15) is 0 Å². The van der Waals surface area contributed by atoms with Crippen LogP contribution in [0.15, 0.2) is 0 Å². The molecule has 19 heavy (non-hydrogen) atoms. The van der Waals surface area contributed by atoms with Gasteiger partial charge in [0.05, 0.1) is 0 Å². The van der Waals surface area contributed by atoms with E-state index in [1.165, 1.54) is 0 Å². The van der Waals surface area contributed by atoms with Crippen molar-refractivity contribution in [3.8, 4) is 0 Å². The maximum Gasteiger partial charge on any atom is 0.322 e. The fourth-order valence-corrected chi connectivity index (χ4v) is 2.59. The van der Waals surface area contributed by atoms with Gasteiger partial charge in [-0.05, 0) is 31.6 Å². The number of carbonyl (C=O) groups is 3. The molecule has 0 aromatic rings. The highest BCUT2D eigenvalue weighted by Gasteiger charge is 2.45. The topological polar surface area (TPSA) is 87.3 Å². The molecule has 1 saturated carbocycles. The van der Waals surface area contributed by atoms with E-state index in [4.69, 9.17) is 0 Å². The zero-order valence-electron chi connectivity index (χ0n) is 11.4. The third-order valence-electron chi connectivity index (χ3n) is 3.58. The summed E-state index contributed by atoms with van der Waals surface area (Å²) in [5.41, 5.74) is -0.0836. The molecule has 2 aliphatic rings. The van der Waals surface area contributed by atoms with Crippen LogP contribution in [0.3, 0.4) is 0 Å². The summed E-state index contributed by atoms with van der Waals surface area (Å²) >= 11 is 0. The zero-order valence-corrected chi connectivity index (χ0v) is 11.4. The predicted molar refractivity (Wildman–Crippen MR) is 69.3 cm³/mol. The average molecular weight is 267 g/mol. The molecule has 2 fully saturated rings. The van der Waals surface area contributed by atoms with Gasteiger partial charge in [-0.3, -0.25) is 14.9 Å². The van der Waals surface area contributed by atoms with Crippen LogP contribution in [-0.4, -0.2) is 29.4 Å². The zero-order chi connectivity index (χ0) is 14.0. The third-order valence-corrected chi connectivity index (χ3v) is 3.58. The largest absolute Gasteiger partial charge is 0.349 e. The van der Waals surface area contributed by atoms with Crippen molar-refractivity contribution in [2.24, 2.45) is 5.92 Å². The molecular weight excluding hydrogens is 246 g/mol. The van der Waals surface area contributed by atoms with Crippen LogP contribution in [0, 0.1) is 5.92 Å². The first-order valence-electron chi connectivity index (χ1n) is 6.83. The monoisotopic (exact) mass is 267 g/mol. The van der Waals surface area contributed by atoms with E-state index in [9.17, 15) is 14.4 Å². The molecule has 1 atom stereocenters. The minimum absolute atomic E-state index is 0.0836. The summed E-state index contributed by atoms with van der Waals surface area (Å²) in [4.78, 5) is 34.7. The van der Waals surface area contributed by atoms with E-state index in [2.05, 4.69) is 29.8 Å². The van der Waals surface area contributed by atoms with Crippen LogP contribution in [-0.2, 0) is 9.59 Å². The highest BCUT2D eigenvalue weighted by molar-refractivity contribution is 5.98. The Bertz CT molecular complexity index is 402. The van der Waals surface area contributed by atoms with Gasteiger partial charge in [0.1, 0.15) is 6.04 Å². The SMILES string of the molecule is CC(C)CC1(NC(=O)C2CCC(=O)NC(=O)N2)CC1. The highest BCUT2D eigenvalue weighted by atomic mass is 16.2. The molecule has 4 amide bonds. The molecule has 1 aliphatic heterocycles. The van der Waals surface area contributed by atoms with E-state index in [1.54, 1.807) is 0 Å². The highest BCUT2D eigenvalue weighted by Crippen LogP contribution is 2.41. The molecule has 1 heterocycles. The van der Waals surface area contributed by atoms with E-state index in [0.29, 0.717) is 12.3 Å². The number of urea groups is 1. The van der Waals surface area contributed by atoms with Crippen LogP contribution in [0.2, 0.25) is 0 Å². The van der Waals surface area contributed by atoms with Crippen LogP contribution in [0.4, 0.5) is 4.79 Å². The van der Waals surface area contributed by atoms with Crippen LogP contribution in [0.25, 0.3) is 0 Å². The number of amides is 4. The van der Waals surface area contributed by atoms with Gasteiger partial charge >= 0.3 is 6.03 Å². The van der Waals surface area contributed by atoms with E-state index < -0.39 is 12.1 Å². The van der Waals surface area contributed by atoms with Crippen LogP contribution >= 0.6 is 0 Å². The Balaban J connectivity index is 1.92. The molecule has 3 N–H and O–H groups in total. The van der Waals surface area contributed by atoms with Gasteiger partial charge in [-0.25, -0.2) is 4.79 Å². The van der Waals surface area contributed by atoms with Crippen molar-refractivity contribution < 1.29 is 14.4 Å². The molecule has 0 radical (unpaired) electrons. The second kappa shape index (κ2) is 5.19. The molecule has 6 heteroatoms. The summed E-state index contributed by atoms with van der Waals surface area (Å²) in [6.07, 6.45) is 3.48. The molecule has 2 rings (SSSR count). The number of nitrogens with one attached hydrogen (secondary N) is 3. The first-order chi connectivity index (χ1) is 8.90. The molecule has 6 nitrogen and oxygen atoms in total. The summed E-state index contributed by atoms with van der Waals surface area (Å²) in [7, 11) is 0. The summed E-state index contributed by atoms with van der Waals surface area (Å²) in [6, 6.07) is -1.20. The quantitative estimate of drug-likeness (QED) is 0.699. The molecule has 0 aromatic heterocycles. The van der Waals surface area contributed by atoms with Gasteiger partial charge in [0.25, 0.3) is 0 Å². The predicted octanol–water partition coefficient (Wildman–Crippen LogP) is 0.670. The molecular formula is C13H21N3O3. The Morgan fingerprint density at radius 3 is 2.68 bits per heavy atom. The Hall–Kier alpha value is -1.59. The van der Waals surface area contributed by atoms with E-state index >= 15 is 0 Å². The summed E-state index contributed by atoms with van der Waals surface area (Å²) in [5.74, 6) is 0.00823. The lowest BCUT2D eigenvalue weighted by Gasteiger charge is -2.23. The fraction of sp³-hybridized carbons (Fsp3) is 0.769. The summed E-state index contributed by atoms with van der Waals surface area (Å²) in [5, 5.41) is 7.74. The summed E-state index contributed by atoms with van der Waals surface area (Å²) < 4.78 is 0. The van der Waals surface area contributed by atoms with Gasteiger partial charge < -0.3 is 10.6 Å². The van der Waals surface area contributed by atoms with Crippen molar-refractivity contribution >= 4 is 17.8 Å². The lowest BCUT2D eigenvalue weighted by atomic mass is 10.0. The number of rotatable bonds is 4. The minimum atomic E-state index is -0.615. The molecule has 0 aromatic carbocycles. The molecule has 0 spiro atoms. The fourth-order valence-electron chi connectivity index (χ4n) is 2.59. The first kappa shape index (κ1) is 13.8. The van der Waals surface area contributed by atoms with Crippen molar-refractivity contribution in [2.75, 3.05) is 0 Å². The second-order valence-electron chi connectivity index (χ2n) is 5.98. The lowest BCUT2D eigenvalue weighted by molar-refractivity contribution is -0.124. The van der Waals surface area contributed by atoms with Gasteiger partial charge in [-0.15, -0.1) is 0 Å². The van der Waals surface area contributed by atoms with Crippen LogP contribution < -0.4 is 16.0 Å². The van der Waals surface area contributed by atoms with Gasteiger partial charge in [0.15, 0.2) is 0 Å². The van der Waals surface area contributed by atoms with Crippen molar-refractivity contribution in [3.05, 3.63) is 0 Å². The van der Waals surface area contributed by atoms with Gasteiger partial charge in [0.2, 0.25) is 11.8 Å². The number of hydrogen-bond acceptors (Lipinski definition) is 3.